The van der Waals surface area contributed by atoms with Crippen molar-refractivity contribution in [1.82, 2.24) is 0 Å². The maximum absolute atomic E-state index is 13.5. The van der Waals surface area contributed by atoms with Crippen LogP contribution in [0.25, 0.3) is 0 Å². The summed E-state index contributed by atoms with van der Waals surface area (Å²) in [7, 11) is -3.89. The first-order chi connectivity index (χ1) is 15.2. The van der Waals surface area contributed by atoms with Crippen LogP contribution in [0.15, 0.2) is 83.1 Å². The number of carbonyl (C=O) groups excluding carboxylic acids is 2. The van der Waals surface area contributed by atoms with Crippen molar-refractivity contribution in [1.29, 1.82) is 0 Å². The Hall–Kier alpha value is -3.46. The largest absolute Gasteiger partial charge is 0.450 e. The third kappa shape index (κ3) is 3.29. The highest BCUT2D eigenvalue weighted by atomic mass is 35.5. The lowest BCUT2D eigenvalue weighted by Crippen LogP contribution is -2.34. The van der Waals surface area contributed by atoms with Gasteiger partial charge in [-0.1, -0.05) is 35.9 Å². The van der Waals surface area contributed by atoms with Crippen LogP contribution in [0, 0.1) is 0 Å². The molecule has 32 heavy (non-hydrogen) atoms. The van der Waals surface area contributed by atoms with Crippen molar-refractivity contribution < 1.29 is 22.7 Å². The van der Waals surface area contributed by atoms with Crippen LogP contribution in [0.3, 0.4) is 0 Å². The average Bonchev–Trinajstić information content (AvgIpc) is 2.94. The Morgan fingerprint density at radius 2 is 1.56 bits per heavy atom. The number of nitrogens with zero attached hydrogens (tertiary/aromatic N) is 1. The molecule has 0 amide bonds. The summed E-state index contributed by atoms with van der Waals surface area (Å²) in [5.74, 6) is -0.467. The minimum absolute atomic E-state index is 0.0682. The van der Waals surface area contributed by atoms with Gasteiger partial charge < -0.3 is 9.64 Å². The Balaban J connectivity index is 1.72. The van der Waals surface area contributed by atoms with E-state index in [1.165, 1.54) is 24.3 Å². The number of nitrogens with two attached hydrogens (primary N) is 1. The van der Waals surface area contributed by atoms with E-state index >= 15 is 0 Å². The van der Waals surface area contributed by atoms with Crippen molar-refractivity contribution in [2.75, 3.05) is 4.90 Å². The van der Waals surface area contributed by atoms with Gasteiger partial charge in [-0.05, 0) is 42.5 Å². The van der Waals surface area contributed by atoms with Gasteiger partial charge in [0.05, 0.1) is 11.4 Å². The van der Waals surface area contributed by atoms with Gasteiger partial charge in [-0.15, -0.1) is 0 Å². The summed E-state index contributed by atoms with van der Waals surface area (Å²) in [6.45, 7) is 0.171. The second kappa shape index (κ2) is 7.30. The SMILES string of the molecule is NS(=O)(=O)c1ccc(N2Cc3cc(Cl)ccc3OC3=C2C(=O)c2ccccc2C3=O)cc1. The average molecular weight is 467 g/mol. The molecule has 0 bridgehead atoms. The van der Waals surface area contributed by atoms with E-state index in [9.17, 15) is 18.0 Å². The van der Waals surface area contributed by atoms with Crippen molar-refractivity contribution in [2.24, 2.45) is 5.14 Å². The molecule has 1 aliphatic carbocycles. The van der Waals surface area contributed by atoms with Gasteiger partial charge in [-0.3, -0.25) is 9.59 Å². The molecule has 3 aromatic rings. The van der Waals surface area contributed by atoms with Crippen molar-refractivity contribution in [3.8, 4) is 5.75 Å². The number of anilines is 1. The molecule has 1 aliphatic heterocycles. The van der Waals surface area contributed by atoms with Gasteiger partial charge in [0.25, 0.3) is 0 Å². The van der Waals surface area contributed by atoms with E-state index in [1.807, 2.05) is 0 Å². The number of hydrogen-bond acceptors (Lipinski definition) is 6. The Morgan fingerprint density at radius 3 is 2.22 bits per heavy atom. The third-order valence-electron chi connectivity index (χ3n) is 5.36. The van der Waals surface area contributed by atoms with Gasteiger partial charge in [-0.25, -0.2) is 13.6 Å². The summed E-state index contributed by atoms with van der Waals surface area (Å²) < 4.78 is 29.3. The number of primary sulfonamides is 1. The minimum Gasteiger partial charge on any atom is -0.450 e. The number of Topliss-reactive ketones (excluding diaryl/α,β-unsaturated/α-hetero) is 2. The lowest BCUT2D eigenvalue weighted by atomic mass is 9.90. The summed E-state index contributed by atoms with van der Waals surface area (Å²) in [6, 6.07) is 17.3. The topological polar surface area (TPSA) is 107 Å². The van der Waals surface area contributed by atoms with E-state index in [1.54, 1.807) is 47.4 Å². The van der Waals surface area contributed by atoms with Crippen molar-refractivity contribution in [3.05, 3.63) is 99.9 Å². The number of carbonyl (C=O) groups is 2. The van der Waals surface area contributed by atoms with Crippen LogP contribution in [-0.2, 0) is 16.6 Å². The molecule has 0 atom stereocenters. The molecular weight excluding hydrogens is 452 g/mol. The first-order valence-electron chi connectivity index (χ1n) is 9.53. The van der Waals surface area contributed by atoms with Crippen LogP contribution in [0.5, 0.6) is 5.75 Å². The number of hydrogen-bond donors (Lipinski definition) is 1. The second-order valence-electron chi connectivity index (χ2n) is 7.36. The summed E-state index contributed by atoms with van der Waals surface area (Å²) in [5, 5.41) is 5.68. The summed E-state index contributed by atoms with van der Waals surface area (Å²) in [5.41, 5.74) is 1.76. The zero-order valence-corrected chi connectivity index (χ0v) is 18.0. The zero-order chi connectivity index (χ0) is 22.6. The molecule has 2 aliphatic rings. The Kier molecular flexibility index (Phi) is 4.67. The van der Waals surface area contributed by atoms with E-state index in [2.05, 4.69) is 0 Å². The molecule has 2 N–H and O–H groups in total. The molecule has 0 aromatic heterocycles. The first-order valence-corrected chi connectivity index (χ1v) is 11.5. The van der Waals surface area contributed by atoms with Gasteiger partial charge in [0, 0.05) is 27.4 Å². The maximum Gasteiger partial charge on any atom is 0.238 e. The van der Waals surface area contributed by atoms with Crippen LogP contribution in [0.4, 0.5) is 5.69 Å². The normalized spacial score (nSPS) is 15.5. The molecule has 0 unspecified atom stereocenters. The van der Waals surface area contributed by atoms with Crippen molar-refractivity contribution in [3.63, 3.8) is 0 Å². The molecular formula is C23H15ClN2O5S. The van der Waals surface area contributed by atoms with Crippen LogP contribution >= 0.6 is 11.6 Å². The summed E-state index contributed by atoms with van der Waals surface area (Å²) in [6.07, 6.45) is 0. The monoisotopic (exact) mass is 466 g/mol. The molecule has 0 radical (unpaired) electrons. The molecule has 0 saturated heterocycles. The van der Waals surface area contributed by atoms with E-state index in [0.717, 1.165) is 0 Å². The third-order valence-corrected chi connectivity index (χ3v) is 6.53. The van der Waals surface area contributed by atoms with E-state index in [-0.39, 0.29) is 39.8 Å². The van der Waals surface area contributed by atoms with Gasteiger partial charge in [0.1, 0.15) is 11.4 Å². The van der Waals surface area contributed by atoms with Gasteiger partial charge >= 0.3 is 0 Å². The number of benzene rings is 3. The predicted octanol–water partition coefficient (Wildman–Crippen LogP) is 3.68. The minimum atomic E-state index is -3.89. The lowest BCUT2D eigenvalue weighted by Gasteiger charge is -2.28. The first kappa shape index (κ1) is 20.4. The molecule has 0 fully saturated rings. The molecule has 1 heterocycles. The van der Waals surface area contributed by atoms with Gasteiger partial charge in [0.2, 0.25) is 27.3 Å². The number of halogens is 1. The molecule has 0 spiro atoms. The second-order valence-corrected chi connectivity index (χ2v) is 9.36. The quantitative estimate of drug-likeness (QED) is 0.617. The molecule has 160 valence electrons. The molecule has 7 nitrogen and oxygen atoms in total. The van der Waals surface area contributed by atoms with E-state index in [4.69, 9.17) is 21.5 Å². The Labute approximate surface area is 188 Å². The fourth-order valence-electron chi connectivity index (χ4n) is 3.85. The van der Waals surface area contributed by atoms with Gasteiger partial charge in [-0.2, -0.15) is 0 Å². The summed E-state index contributed by atoms with van der Waals surface area (Å²) >= 11 is 6.18. The van der Waals surface area contributed by atoms with E-state index in [0.29, 0.717) is 22.0 Å². The highest BCUT2D eigenvalue weighted by Crippen LogP contribution is 2.39. The van der Waals surface area contributed by atoms with Crippen LogP contribution in [0.1, 0.15) is 26.3 Å². The smallest absolute Gasteiger partial charge is 0.238 e. The number of ether oxygens (including phenoxy) is 1. The zero-order valence-electron chi connectivity index (χ0n) is 16.4. The number of ketones is 2. The standard InChI is InChI=1S/C23H15ClN2O5S/c24-14-5-10-19-13(11-14)12-26(15-6-8-16(9-7-15)32(25,29)30)20-21(27)17-3-1-2-4-18(17)22(28)23(20)31-19/h1-11H,12H2,(H2,25,29,30). The molecule has 0 saturated carbocycles. The van der Waals surface area contributed by atoms with E-state index < -0.39 is 15.8 Å². The Bertz CT molecular complexity index is 1450. The lowest BCUT2D eigenvalue weighted by molar-refractivity contribution is 0.0936. The van der Waals surface area contributed by atoms with Crippen LogP contribution < -0.4 is 14.8 Å². The number of allylic oxidation sites excluding steroid dienone is 2. The number of rotatable bonds is 2. The predicted molar refractivity (Wildman–Crippen MR) is 118 cm³/mol. The Morgan fingerprint density at radius 1 is 0.906 bits per heavy atom. The van der Waals surface area contributed by atoms with Gasteiger partial charge in [0.15, 0.2) is 0 Å². The highest BCUT2D eigenvalue weighted by molar-refractivity contribution is 7.89. The van der Waals surface area contributed by atoms with Crippen LogP contribution in [0.2, 0.25) is 5.02 Å². The number of sulfonamides is 1. The number of fused-ring (bicyclic) bond motifs is 2. The van der Waals surface area contributed by atoms with Crippen LogP contribution in [-0.4, -0.2) is 20.0 Å². The summed E-state index contributed by atoms with van der Waals surface area (Å²) in [4.78, 5) is 28.4. The fraction of sp³-hybridized carbons (Fsp3) is 0.0435. The van der Waals surface area contributed by atoms with Crippen molar-refractivity contribution in [2.45, 2.75) is 11.4 Å². The highest BCUT2D eigenvalue weighted by Gasteiger charge is 2.39. The molecule has 9 heteroatoms. The molecule has 5 rings (SSSR count). The molecule has 3 aromatic carbocycles. The maximum atomic E-state index is 13.5. The fourth-order valence-corrected chi connectivity index (χ4v) is 4.56. The van der Waals surface area contributed by atoms with Crippen molar-refractivity contribution >= 4 is 38.9 Å².